The van der Waals surface area contributed by atoms with Crippen molar-refractivity contribution in [3.63, 3.8) is 0 Å². The van der Waals surface area contributed by atoms with E-state index >= 15 is 0 Å². The first kappa shape index (κ1) is 11.1. The summed E-state index contributed by atoms with van der Waals surface area (Å²) in [4.78, 5) is 23.1. The maximum atomic E-state index is 11.4. The van der Waals surface area contributed by atoms with Crippen molar-refractivity contribution in [3.8, 4) is 0 Å². The molecule has 0 fully saturated rings. The fourth-order valence-electron chi connectivity index (χ4n) is 1.58. The van der Waals surface area contributed by atoms with Crippen molar-refractivity contribution in [2.45, 2.75) is 6.54 Å². The number of nitro groups is 1. The molecule has 0 saturated carbocycles. The van der Waals surface area contributed by atoms with Gasteiger partial charge in [-0.25, -0.2) is 4.79 Å². The molecule has 6 nitrogen and oxygen atoms in total. The van der Waals surface area contributed by atoms with Crippen LogP contribution in [0.1, 0.15) is 5.56 Å². The van der Waals surface area contributed by atoms with Crippen molar-refractivity contribution < 1.29 is 14.5 Å². The first-order chi connectivity index (χ1) is 8.18. The summed E-state index contributed by atoms with van der Waals surface area (Å²) in [6.07, 6.45) is 2.50. The number of hydrogen-bond acceptors (Lipinski definition) is 4. The Morgan fingerprint density at radius 3 is 2.88 bits per heavy atom. The molecule has 0 unspecified atom stereocenters. The van der Waals surface area contributed by atoms with Gasteiger partial charge in [-0.15, -0.1) is 0 Å². The number of ether oxygens (including phenoxy) is 1. The predicted molar refractivity (Wildman–Crippen MR) is 59.1 cm³/mol. The Hall–Kier alpha value is -2.37. The summed E-state index contributed by atoms with van der Waals surface area (Å²) >= 11 is 0. The molecule has 0 spiro atoms. The number of carbonyl (C=O) groups excluding carboxylic acids is 1. The second-order valence-corrected chi connectivity index (χ2v) is 3.52. The van der Waals surface area contributed by atoms with Crippen LogP contribution in [0.3, 0.4) is 0 Å². The van der Waals surface area contributed by atoms with Crippen LogP contribution in [0.5, 0.6) is 0 Å². The van der Waals surface area contributed by atoms with E-state index in [0.29, 0.717) is 12.1 Å². The van der Waals surface area contributed by atoms with E-state index in [1.807, 2.05) is 0 Å². The average molecular weight is 234 g/mol. The van der Waals surface area contributed by atoms with E-state index in [0.717, 1.165) is 0 Å². The number of para-hydroxylation sites is 1. The van der Waals surface area contributed by atoms with Crippen molar-refractivity contribution >= 4 is 11.8 Å². The lowest BCUT2D eigenvalue weighted by atomic mass is 10.1. The van der Waals surface area contributed by atoms with Crippen molar-refractivity contribution in [2.75, 3.05) is 6.54 Å². The van der Waals surface area contributed by atoms with Crippen LogP contribution in [-0.4, -0.2) is 22.5 Å². The fourth-order valence-corrected chi connectivity index (χ4v) is 1.58. The van der Waals surface area contributed by atoms with E-state index in [-0.39, 0.29) is 12.2 Å². The molecular formula is C11H10N2O4. The van der Waals surface area contributed by atoms with E-state index in [2.05, 4.69) is 0 Å². The Bertz CT molecular complexity index is 484. The van der Waals surface area contributed by atoms with Crippen molar-refractivity contribution in [1.29, 1.82) is 0 Å². The highest BCUT2D eigenvalue weighted by molar-refractivity contribution is 5.69. The van der Waals surface area contributed by atoms with Crippen molar-refractivity contribution in [1.82, 2.24) is 4.90 Å². The molecule has 0 bridgehead atoms. The Morgan fingerprint density at radius 2 is 2.18 bits per heavy atom. The first-order valence-electron chi connectivity index (χ1n) is 5.01. The molecule has 1 amide bonds. The fraction of sp³-hybridized carbons (Fsp3) is 0.182. The minimum absolute atomic E-state index is 0.00912. The number of rotatable bonds is 3. The lowest BCUT2D eigenvalue weighted by molar-refractivity contribution is -0.385. The topological polar surface area (TPSA) is 72.7 Å². The Kier molecular flexibility index (Phi) is 3.04. The molecule has 1 aliphatic rings. The zero-order chi connectivity index (χ0) is 12.3. The summed E-state index contributed by atoms with van der Waals surface area (Å²) in [5.74, 6) is 0. The van der Waals surface area contributed by atoms with Gasteiger partial charge >= 0.3 is 6.09 Å². The van der Waals surface area contributed by atoms with E-state index in [1.165, 1.54) is 17.2 Å². The molecule has 2 rings (SSSR count). The Labute approximate surface area is 97.2 Å². The van der Waals surface area contributed by atoms with Crippen LogP contribution in [0.15, 0.2) is 36.6 Å². The second kappa shape index (κ2) is 4.65. The van der Waals surface area contributed by atoms with Gasteiger partial charge in [-0.2, -0.15) is 0 Å². The van der Waals surface area contributed by atoms with Gasteiger partial charge in [0.15, 0.2) is 0 Å². The molecular weight excluding hydrogens is 224 g/mol. The zero-order valence-corrected chi connectivity index (χ0v) is 8.91. The molecule has 0 aromatic heterocycles. The minimum Gasteiger partial charge on any atom is -0.418 e. The molecule has 0 radical (unpaired) electrons. The number of nitro benzene ring substituents is 1. The number of benzene rings is 1. The van der Waals surface area contributed by atoms with E-state index < -0.39 is 11.0 Å². The molecule has 6 heteroatoms. The van der Waals surface area contributed by atoms with Crippen LogP contribution in [0, 0.1) is 10.1 Å². The first-order valence-corrected chi connectivity index (χ1v) is 5.01. The predicted octanol–water partition coefficient (Wildman–Crippen LogP) is 2.06. The summed E-state index contributed by atoms with van der Waals surface area (Å²) in [5, 5.41) is 10.8. The molecule has 0 aliphatic carbocycles. The maximum absolute atomic E-state index is 11.4. The van der Waals surface area contributed by atoms with E-state index in [4.69, 9.17) is 4.74 Å². The summed E-state index contributed by atoms with van der Waals surface area (Å²) < 4.78 is 4.70. The molecule has 0 atom stereocenters. The van der Waals surface area contributed by atoms with Crippen molar-refractivity contribution in [3.05, 3.63) is 52.3 Å². The lowest BCUT2D eigenvalue weighted by Gasteiger charge is -2.22. The molecule has 1 aliphatic heterocycles. The Balaban J connectivity index is 2.21. The van der Waals surface area contributed by atoms with Gasteiger partial charge in [0, 0.05) is 18.2 Å². The molecule has 0 N–H and O–H groups in total. The van der Waals surface area contributed by atoms with Gasteiger partial charge in [0.2, 0.25) is 0 Å². The summed E-state index contributed by atoms with van der Waals surface area (Å²) in [6.45, 7) is 0.561. The van der Waals surface area contributed by atoms with Crippen LogP contribution in [-0.2, 0) is 11.3 Å². The third-order valence-electron chi connectivity index (χ3n) is 2.40. The summed E-state index contributed by atoms with van der Waals surface area (Å²) in [6, 6.07) is 6.34. The summed E-state index contributed by atoms with van der Waals surface area (Å²) in [7, 11) is 0. The summed E-state index contributed by atoms with van der Waals surface area (Å²) in [5.41, 5.74) is 0.500. The maximum Gasteiger partial charge on any atom is 0.415 e. The number of carbonyl (C=O) groups is 1. The number of cyclic esters (lactones) is 1. The standard InChI is InChI=1S/C11H10N2O4/c14-11-12(6-3-7-17-11)8-9-4-1-2-5-10(9)13(15)16/h1-5,7H,6,8H2. The van der Waals surface area contributed by atoms with Gasteiger partial charge in [0.1, 0.15) is 0 Å². The van der Waals surface area contributed by atoms with Gasteiger partial charge in [-0.3, -0.25) is 15.0 Å². The number of nitrogens with zero attached hydrogens (tertiary/aromatic N) is 2. The van der Waals surface area contributed by atoms with Gasteiger partial charge in [0.05, 0.1) is 17.7 Å². The van der Waals surface area contributed by atoms with Crippen LogP contribution in [0.4, 0.5) is 10.5 Å². The second-order valence-electron chi connectivity index (χ2n) is 3.52. The van der Waals surface area contributed by atoms with Crippen LogP contribution in [0.25, 0.3) is 0 Å². The van der Waals surface area contributed by atoms with Crippen molar-refractivity contribution in [2.24, 2.45) is 0 Å². The van der Waals surface area contributed by atoms with Crippen LogP contribution < -0.4 is 0 Å². The van der Waals surface area contributed by atoms with E-state index in [1.54, 1.807) is 24.3 Å². The Morgan fingerprint density at radius 1 is 1.41 bits per heavy atom. The normalized spacial score (nSPS) is 14.6. The van der Waals surface area contributed by atoms with Gasteiger partial charge in [-0.1, -0.05) is 18.2 Å². The molecule has 1 aromatic rings. The monoisotopic (exact) mass is 234 g/mol. The largest absolute Gasteiger partial charge is 0.418 e. The van der Waals surface area contributed by atoms with Gasteiger partial charge < -0.3 is 4.74 Å². The minimum atomic E-state index is -0.495. The van der Waals surface area contributed by atoms with Crippen LogP contribution in [0.2, 0.25) is 0 Å². The molecule has 0 saturated heterocycles. The third-order valence-corrected chi connectivity index (χ3v) is 2.40. The van der Waals surface area contributed by atoms with Gasteiger partial charge in [0.25, 0.3) is 5.69 Å². The number of amides is 1. The average Bonchev–Trinajstić information content (AvgIpc) is 2.32. The lowest BCUT2D eigenvalue weighted by Crippen LogP contribution is -2.32. The zero-order valence-electron chi connectivity index (χ0n) is 8.91. The number of hydrogen-bond donors (Lipinski definition) is 0. The highest BCUT2D eigenvalue weighted by Crippen LogP contribution is 2.20. The van der Waals surface area contributed by atoms with Gasteiger partial charge in [-0.05, 0) is 6.08 Å². The van der Waals surface area contributed by atoms with E-state index in [9.17, 15) is 14.9 Å². The molecule has 17 heavy (non-hydrogen) atoms. The highest BCUT2D eigenvalue weighted by atomic mass is 16.6. The molecule has 1 heterocycles. The molecule has 88 valence electrons. The third kappa shape index (κ3) is 2.41. The quantitative estimate of drug-likeness (QED) is 0.592. The highest BCUT2D eigenvalue weighted by Gasteiger charge is 2.21. The molecule has 1 aromatic carbocycles. The van der Waals surface area contributed by atoms with Crippen LogP contribution >= 0.6 is 0 Å². The SMILES string of the molecule is O=C1OC=CCN1Cc1ccccc1[N+](=O)[O-]. The smallest absolute Gasteiger partial charge is 0.415 e.